The number of para-hydroxylation sites is 1. The summed E-state index contributed by atoms with van der Waals surface area (Å²) in [6.07, 6.45) is 3.39. The molecule has 7 heteroatoms. The maximum atomic E-state index is 12.9. The van der Waals surface area contributed by atoms with Crippen molar-refractivity contribution in [2.24, 2.45) is 0 Å². The molecule has 2 aromatic carbocycles. The van der Waals surface area contributed by atoms with Crippen LogP contribution < -0.4 is 10.6 Å². The molecule has 7 nitrogen and oxygen atoms in total. The van der Waals surface area contributed by atoms with E-state index in [0.717, 1.165) is 16.5 Å². The molecule has 0 spiro atoms. The van der Waals surface area contributed by atoms with Crippen molar-refractivity contribution in [2.45, 2.75) is 0 Å². The van der Waals surface area contributed by atoms with Gasteiger partial charge < -0.3 is 15.7 Å². The number of hydrogen-bond donors (Lipinski definition) is 3. The van der Waals surface area contributed by atoms with Crippen LogP contribution in [0.2, 0.25) is 0 Å². The molecule has 2 aromatic heterocycles. The van der Waals surface area contributed by atoms with Crippen LogP contribution in [0.15, 0.2) is 79.1 Å². The minimum Gasteiger partial charge on any atom is -0.508 e. The van der Waals surface area contributed by atoms with Gasteiger partial charge in [-0.15, -0.1) is 0 Å². The van der Waals surface area contributed by atoms with Crippen LogP contribution in [-0.4, -0.2) is 40.0 Å². The van der Waals surface area contributed by atoms with Crippen molar-refractivity contribution in [1.29, 1.82) is 0 Å². The number of rotatable bonds is 6. The van der Waals surface area contributed by atoms with E-state index in [4.69, 9.17) is 0 Å². The van der Waals surface area contributed by atoms with Crippen molar-refractivity contribution in [2.75, 3.05) is 13.1 Å². The minimum atomic E-state index is -0.275. The highest BCUT2D eigenvalue weighted by Gasteiger charge is 2.14. The number of nitrogens with zero attached hydrogens (tertiary/aromatic N) is 2. The van der Waals surface area contributed by atoms with Gasteiger partial charge in [-0.3, -0.25) is 14.6 Å². The van der Waals surface area contributed by atoms with Gasteiger partial charge in [0.05, 0.1) is 16.8 Å². The molecule has 31 heavy (non-hydrogen) atoms. The summed E-state index contributed by atoms with van der Waals surface area (Å²) in [7, 11) is 0. The van der Waals surface area contributed by atoms with Crippen LogP contribution in [0.25, 0.3) is 22.2 Å². The molecule has 154 valence electrons. The Hall–Kier alpha value is -4.26. The molecule has 0 fully saturated rings. The van der Waals surface area contributed by atoms with Gasteiger partial charge in [0.2, 0.25) is 0 Å². The van der Waals surface area contributed by atoms with E-state index in [2.05, 4.69) is 20.6 Å². The van der Waals surface area contributed by atoms with Gasteiger partial charge in [-0.2, -0.15) is 0 Å². The summed E-state index contributed by atoms with van der Waals surface area (Å²) in [5.41, 5.74) is 3.15. The third-order valence-corrected chi connectivity index (χ3v) is 4.74. The zero-order chi connectivity index (χ0) is 21.6. The Balaban J connectivity index is 1.46. The molecule has 0 aliphatic carbocycles. The number of benzene rings is 2. The van der Waals surface area contributed by atoms with E-state index in [0.29, 0.717) is 16.8 Å². The molecule has 2 heterocycles. The Morgan fingerprint density at radius 3 is 2.35 bits per heavy atom. The van der Waals surface area contributed by atoms with Crippen molar-refractivity contribution in [1.82, 2.24) is 20.6 Å². The van der Waals surface area contributed by atoms with Gasteiger partial charge in [-0.25, -0.2) is 4.98 Å². The first-order chi connectivity index (χ1) is 15.1. The number of phenolic OH excluding ortho intramolecular Hbond substituents is 1. The van der Waals surface area contributed by atoms with Crippen LogP contribution in [0, 0.1) is 0 Å². The van der Waals surface area contributed by atoms with E-state index in [1.54, 1.807) is 18.5 Å². The van der Waals surface area contributed by atoms with Gasteiger partial charge in [-0.05, 0) is 48.5 Å². The zero-order valence-corrected chi connectivity index (χ0v) is 16.6. The standard InChI is InChI=1S/C24H20N4O3/c29-18-9-7-16(8-10-18)23(30)26-12-13-27-24(31)20-14-22(17-4-3-11-25-15-17)28-21-6-2-1-5-19(20)21/h1-11,14-15,29H,12-13H2,(H,26,30)(H,27,31). The highest BCUT2D eigenvalue weighted by molar-refractivity contribution is 6.07. The number of aromatic nitrogens is 2. The number of hydrogen-bond acceptors (Lipinski definition) is 5. The van der Waals surface area contributed by atoms with E-state index in [1.807, 2.05) is 36.4 Å². The summed E-state index contributed by atoms with van der Waals surface area (Å²) in [6.45, 7) is 0.533. The lowest BCUT2D eigenvalue weighted by atomic mass is 10.0. The number of carbonyl (C=O) groups is 2. The van der Waals surface area contributed by atoms with E-state index >= 15 is 0 Å². The summed E-state index contributed by atoms with van der Waals surface area (Å²) in [6, 6.07) is 18.9. The summed E-state index contributed by atoms with van der Waals surface area (Å²) in [5.74, 6) is -0.427. The highest BCUT2D eigenvalue weighted by Crippen LogP contribution is 2.24. The first-order valence-corrected chi connectivity index (χ1v) is 9.77. The van der Waals surface area contributed by atoms with Crippen LogP contribution in [-0.2, 0) is 0 Å². The van der Waals surface area contributed by atoms with Crippen LogP contribution in [0.5, 0.6) is 5.75 Å². The molecular weight excluding hydrogens is 392 g/mol. The number of pyridine rings is 2. The average molecular weight is 412 g/mol. The molecule has 0 aliphatic rings. The smallest absolute Gasteiger partial charge is 0.252 e. The molecule has 2 amide bonds. The van der Waals surface area contributed by atoms with Gasteiger partial charge in [0.1, 0.15) is 5.75 Å². The summed E-state index contributed by atoms with van der Waals surface area (Å²) in [5, 5.41) is 15.6. The molecule has 0 radical (unpaired) electrons. The van der Waals surface area contributed by atoms with Gasteiger partial charge in [0.25, 0.3) is 11.8 Å². The first kappa shape index (κ1) is 20.0. The topological polar surface area (TPSA) is 104 Å². The van der Waals surface area contributed by atoms with Gasteiger partial charge in [-0.1, -0.05) is 18.2 Å². The number of phenols is 1. The normalized spacial score (nSPS) is 10.6. The van der Waals surface area contributed by atoms with Crippen molar-refractivity contribution in [3.05, 3.63) is 90.3 Å². The minimum absolute atomic E-state index is 0.0963. The van der Waals surface area contributed by atoms with E-state index < -0.39 is 0 Å². The molecule has 0 atom stereocenters. The third-order valence-electron chi connectivity index (χ3n) is 4.74. The molecule has 0 saturated carbocycles. The van der Waals surface area contributed by atoms with Crippen molar-refractivity contribution in [3.8, 4) is 17.0 Å². The predicted octanol–water partition coefficient (Wildman–Crippen LogP) is 3.16. The van der Waals surface area contributed by atoms with Crippen LogP contribution in [0.3, 0.4) is 0 Å². The Morgan fingerprint density at radius 1 is 0.871 bits per heavy atom. The fourth-order valence-electron chi connectivity index (χ4n) is 3.19. The Morgan fingerprint density at radius 2 is 1.61 bits per heavy atom. The molecule has 0 bridgehead atoms. The number of aromatic hydroxyl groups is 1. The van der Waals surface area contributed by atoms with E-state index in [9.17, 15) is 14.7 Å². The highest BCUT2D eigenvalue weighted by atomic mass is 16.3. The maximum absolute atomic E-state index is 12.9. The zero-order valence-electron chi connectivity index (χ0n) is 16.6. The summed E-state index contributed by atoms with van der Waals surface area (Å²) >= 11 is 0. The quantitative estimate of drug-likeness (QED) is 0.422. The SMILES string of the molecule is O=C(NCCNC(=O)c1cc(-c2cccnc2)nc2ccccc12)c1ccc(O)cc1. The lowest BCUT2D eigenvalue weighted by Crippen LogP contribution is -2.34. The molecule has 3 N–H and O–H groups in total. The Labute approximate surface area is 178 Å². The lowest BCUT2D eigenvalue weighted by Gasteiger charge is -2.11. The Bertz CT molecular complexity index is 1220. The first-order valence-electron chi connectivity index (χ1n) is 9.77. The van der Waals surface area contributed by atoms with Gasteiger partial charge in [0, 0.05) is 42.0 Å². The van der Waals surface area contributed by atoms with Crippen molar-refractivity contribution >= 4 is 22.7 Å². The van der Waals surface area contributed by atoms with E-state index in [-0.39, 0.29) is 30.7 Å². The van der Waals surface area contributed by atoms with Gasteiger partial charge in [0.15, 0.2) is 0 Å². The van der Waals surface area contributed by atoms with E-state index in [1.165, 1.54) is 24.3 Å². The van der Waals surface area contributed by atoms with Crippen LogP contribution in [0.4, 0.5) is 0 Å². The maximum Gasteiger partial charge on any atom is 0.252 e. The third kappa shape index (κ3) is 4.67. The van der Waals surface area contributed by atoms with Crippen molar-refractivity contribution in [3.63, 3.8) is 0 Å². The van der Waals surface area contributed by atoms with Crippen LogP contribution >= 0.6 is 0 Å². The number of fused-ring (bicyclic) bond motifs is 1. The fraction of sp³-hybridized carbons (Fsp3) is 0.0833. The predicted molar refractivity (Wildman–Crippen MR) is 118 cm³/mol. The second-order valence-corrected chi connectivity index (χ2v) is 6.87. The molecule has 4 rings (SSSR count). The monoisotopic (exact) mass is 412 g/mol. The molecule has 4 aromatic rings. The second-order valence-electron chi connectivity index (χ2n) is 6.87. The molecular formula is C24H20N4O3. The number of carbonyl (C=O) groups excluding carboxylic acids is 2. The van der Waals surface area contributed by atoms with Gasteiger partial charge >= 0.3 is 0 Å². The molecule has 0 unspecified atom stereocenters. The second kappa shape index (κ2) is 9.04. The fourth-order valence-corrected chi connectivity index (χ4v) is 3.19. The summed E-state index contributed by atoms with van der Waals surface area (Å²) < 4.78 is 0. The summed E-state index contributed by atoms with van der Waals surface area (Å²) in [4.78, 5) is 33.8. The average Bonchev–Trinajstić information content (AvgIpc) is 2.82. The largest absolute Gasteiger partial charge is 0.508 e. The number of amides is 2. The molecule has 0 saturated heterocycles. The number of nitrogens with one attached hydrogen (secondary N) is 2. The Kier molecular flexibility index (Phi) is 5.84. The van der Waals surface area contributed by atoms with Crippen molar-refractivity contribution < 1.29 is 14.7 Å². The van der Waals surface area contributed by atoms with Crippen LogP contribution in [0.1, 0.15) is 20.7 Å². The lowest BCUT2D eigenvalue weighted by molar-refractivity contribution is 0.0928. The molecule has 0 aliphatic heterocycles.